The van der Waals surface area contributed by atoms with E-state index >= 15 is 0 Å². The fourth-order valence-electron chi connectivity index (χ4n) is 1.45. The molecule has 18 heavy (non-hydrogen) atoms. The molecule has 1 aromatic carbocycles. The van der Waals surface area contributed by atoms with Crippen molar-refractivity contribution in [1.82, 2.24) is 4.90 Å². The zero-order valence-electron chi connectivity index (χ0n) is 9.80. The SMILES string of the molecule is Cc1ccc(C(=O)N(CCCl)CC(F)F)cc1Cl. The Labute approximate surface area is 114 Å². The van der Waals surface area contributed by atoms with Gasteiger partial charge in [-0.1, -0.05) is 17.7 Å². The van der Waals surface area contributed by atoms with Crippen LogP contribution in [0.15, 0.2) is 18.2 Å². The van der Waals surface area contributed by atoms with Crippen LogP contribution in [0.25, 0.3) is 0 Å². The molecule has 6 heteroatoms. The molecule has 0 bridgehead atoms. The number of aryl methyl sites for hydroxylation is 1. The molecule has 2 nitrogen and oxygen atoms in total. The van der Waals surface area contributed by atoms with Crippen LogP contribution in [0.4, 0.5) is 8.78 Å². The first-order valence-corrected chi connectivity index (χ1v) is 6.26. The van der Waals surface area contributed by atoms with E-state index in [0.717, 1.165) is 10.5 Å². The number of hydrogen-bond acceptors (Lipinski definition) is 1. The number of carbonyl (C=O) groups excluding carboxylic acids is 1. The summed E-state index contributed by atoms with van der Waals surface area (Å²) in [5.41, 5.74) is 1.11. The predicted molar refractivity (Wildman–Crippen MR) is 68.8 cm³/mol. The lowest BCUT2D eigenvalue weighted by Gasteiger charge is -2.21. The standard InChI is InChI=1S/C12H13Cl2F2NO/c1-8-2-3-9(6-10(8)14)12(18)17(5-4-13)7-11(15)16/h2-3,6,11H,4-5,7H2,1H3. The second-order valence-electron chi connectivity index (χ2n) is 3.80. The number of amides is 1. The molecule has 1 aromatic rings. The molecule has 0 aliphatic carbocycles. The third kappa shape index (κ3) is 4.10. The Morgan fingerprint density at radius 1 is 1.44 bits per heavy atom. The minimum atomic E-state index is -2.59. The lowest BCUT2D eigenvalue weighted by atomic mass is 10.1. The van der Waals surface area contributed by atoms with Gasteiger partial charge in [-0.25, -0.2) is 8.78 Å². The molecule has 0 radical (unpaired) electrons. The highest BCUT2D eigenvalue weighted by molar-refractivity contribution is 6.31. The van der Waals surface area contributed by atoms with E-state index in [4.69, 9.17) is 23.2 Å². The molecule has 0 fully saturated rings. The average Bonchev–Trinajstić information content (AvgIpc) is 2.31. The summed E-state index contributed by atoms with van der Waals surface area (Å²) in [4.78, 5) is 13.0. The van der Waals surface area contributed by atoms with Crippen molar-refractivity contribution in [3.8, 4) is 0 Å². The predicted octanol–water partition coefficient (Wildman–Crippen LogP) is 3.59. The van der Waals surface area contributed by atoms with Crippen molar-refractivity contribution in [2.75, 3.05) is 19.0 Å². The van der Waals surface area contributed by atoms with Crippen molar-refractivity contribution < 1.29 is 13.6 Å². The fourth-order valence-corrected chi connectivity index (χ4v) is 1.84. The number of rotatable bonds is 5. The van der Waals surface area contributed by atoms with Gasteiger partial charge in [-0.05, 0) is 24.6 Å². The second-order valence-corrected chi connectivity index (χ2v) is 4.58. The largest absolute Gasteiger partial charge is 0.332 e. The van der Waals surface area contributed by atoms with Gasteiger partial charge in [0.05, 0.1) is 6.54 Å². The van der Waals surface area contributed by atoms with Gasteiger partial charge in [-0.2, -0.15) is 0 Å². The molecule has 1 amide bonds. The number of alkyl halides is 3. The molecule has 0 saturated heterocycles. The van der Waals surface area contributed by atoms with Gasteiger partial charge in [0.2, 0.25) is 0 Å². The topological polar surface area (TPSA) is 20.3 Å². The van der Waals surface area contributed by atoms with Gasteiger partial charge < -0.3 is 4.90 Å². The average molecular weight is 296 g/mol. The molecule has 0 aromatic heterocycles. The summed E-state index contributed by atoms with van der Waals surface area (Å²) in [5, 5.41) is 0.434. The van der Waals surface area contributed by atoms with Crippen molar-refractivity contribution in [3.63, 3.8) is 0 Å². The van der Waals surface area contributed by atoms with E-state index in [-0.39, 0.29) is 18.0 Å². The van der Waals surface area contributed by atoms with Crippen molar-refractivity contribution >= 4 is 29.1 Å². The van der Waals surface area contributed by atoms with Gasteiger partial charge in [0.15, 0.2) is 0 Å². The van der Waals surface area contributed by atoms with E-state index in [1.807, 2.05) is 0 Å². The van der Waals surface area contributed by atoms with Crippen LogP contribution < -0.4 is 0 Å². The second kappa shape index (κ2) is 6.90. The Morgan fingerprint density at radius 2 is 2.11 bits per heavy atom. The molecule has 0 saturated carbocycles. The van der Waals surface area contributed by atoms with Gasteiger partial charge in [0.25, 0.3) is 12.3 Å². The highest BCUT2D eigenvalue weighted by Crippen LogP contribution is 2.18. The van der Waals surface area contributed by atoms with E-state index in [1.54, 1.807) is 19.1 Å². The van der Waals surface area contributed by atoms with Crippen molar-refractivity contribution in [2.24, 2.45) is 0 Å². The van der Waals surface area contributed by atoms with Gasteiger partial charge in [-0.15, -0.1) is 11.6 Å². The summed E-state index contributed by atoms with van der Waals surface area (Å²) in [7, 11) is 0. The quantitative estimate of drug-likeness (QED) is 0.760. The summed E-state index contributed by atoms with van der Waals surface area (Å²) >= 11 is 11.4. The van der Waals surface area contributed by atoms with Crippen LogP contribution in [0, 0.1) is 6.92 Å². The summed E-state index contributed by atoms with van der Waals surface area (Å²) < 4.78 is 24.7. The fraction of sp³-hybridized carbons (Fsp3) is 0.417. The number of halogens is 4. The van der Waals surface area contributed by atoms with Gasteiger partial charge in [0, 0.05) is 23.0 Å². The lowest BCUT2D eigenvalue weighted by Crippen LogP contribution is -2.36. The Hall–Kier alpha value is -0.870. The first-order valence-electron chi connectivity index (χ1n) is 5.35. The van der Waals surface area contributed by atoms with E-state index in [9.17, 15) is 13.6 Å². The first-order chi connectivity index (χ1) is 8.45. The van der Waals surface area contributed by atoms with Crippen LogP contribution in [-0.4, -0.2) is 36.2 Å². The molecule has 0 heterocycles. The van der Waals surface area contributed by atoms with E-state index in [2.05, 4.69) is 0 Å². The van der Waals surface area contributed by atoms with Crippen LogP contribution in [0.1, 0.15) is 15.9 Å². The Kier molecular flexibility index (Phi) is 5.82. The molecule has 0 unspecified atom stereocenters. The summed E-state index contributed by atoms with van der Waals surface area (Å²) in [6, 6.07) is 4.72. The van der Waals surface area contributed by atoms with Crippen LogP contribution in [0.2, 0.25) is 5.02 Å². The van der Waals surface area contributed by atoms with Gasteiger partial charge in [-0.3, -0.25) is 4.79 Å². The Bertz CT molecular complexity index is 427. The van der Waals surface area contributed by atoms with E-state index in [1.165, 1.54) is 6.07 Å². The smallest absolute Gasteiger partial charge is 0.255 e. The minimum absolute atomic E-state index is 0.0796. The zero-order chi connectivity index (χ0) is 13.7. The van der Waals surface area contributed by atoms with Crippen LogP contribution in [0.3, 0.4) is 0 Å². The van der Waals surface area contributed by atoms with Gasteiger partial charge in [0.1, 0.15) is 0 Å². The number of carbonyl (C=O) groups is 1. The van der Waals surface area contributed by atoms with Crippen LogP contribution >= 0.6 is 23.2 Å². The third-order valence-electron chi connectivity index (χ3n) is 2.42. The van der Waals surface area contributed by atoms with Crippen LogP contribution in [-0.2, 0) is 0 Å². The number of hydrogen-bond donors (Lipinski definition) is 0. The molecular weight excluding hydrogens is 283 g/mol. The molecule has 0 N–H and O–H groups in total. The van der Waals surface area contributed by atoms with Gasteiger partial charge >= 0.3 is 0 Å². The molecule has 0 aliphatic rings. The maximum Gasteiger partial charge on any atom is 0.255 e. The molecular formula is C12H13Cl2F2NO. The summed E-state index contributed by atoms with van der Waals surface area (Å²) in [5.74, 6) is -0.379. The summed E-state index contributed by atoms with van der Waals surface area (Å²) in [6.45, 7) is 1.25. The molecule has 0 spiro atoms. The Balaban J connectivity index is 2.90. The highest BCUT2D eigenvalue weighted by atomic mass is 35.5. The molecule has 0 atom stereocenters. The Morgan fingerprint density at radius 3 is 2.61 bits per heavy atom. The lowest BCUT2D eigenvalue weighted by molar-refractivity contribution is 0.0571. The maximum absolute atomic E-state index is 12.4. The number of nitrogens with zero attached hydrogens (tertiary/aromatic N) is 1. The molecule has 1 rings (SSSR count). The van der Waals surface area contributed by atoms with Crippen molar-refractivity contribution in [1.29, 1.82) is 0 Å². The zero-order valence-corrected chi connectivity index (χ0v) is 11.3. The van der Waals surface area contributed by atoms with Crippen molar-refractivity contribution in [3.05, 3.63) is 34.3 Å². The maximum atomic E-state index is 12.4. The highest BCUT2D eigenvalue weighted by Gasteiger charge is 2.19. The van der Waals surface area contributed by atoms with Crippen molar-refractivity contribution in [2.45, 2.75) is 13.3 Å². The summed E-state index contributed by atoms with van der Waals surface area (Å²) in [6.07, 6.45) is -2.59. The third-order valence-corrected chi connectivity index (χ3v) is 3.00. The van der Waals surface area contributed by atoms with E-state index in [0.29, 0.717) is 5.02 Å². The minimum Gasteiger partial charge on any atom is -0.332 e. The first kappa shape index (κ1) is 15.2. The number of benzene rings is 1. The normalized spacial score (nSPS) is 10.8. The van der Waals surface area contributed by atoms with Crippen LogP contribution in [0.5, 0.6) is 0 Å². The molecule has 100 valence electrons. The monoisotopic (exact) mass is 295 g/mol. The van der Waals surface area contributed by atoms with E-state index < -0.39 is 18.9 Å². The molecule has 0 aliphatic heterocycles.